The van der Waals surface area contributed by atoms with Gasteiger partial charge in [0, 0.05) is 11.1 Å². The van der Waals surface area contributed by atoms with Gasteiger partial charge in [-0.25, -0.2) is 8.78 Å². The van der Waals surface area contributed by atoms with Crippen LogP contribution in [0.3, 0.4) is 0 Å². The van der Waals surface area contributed by atoms with Gasteiger partial charge in [-0.2, -0.15) is 0 Å². The van der Waals surface area contributed by atoms with E-state index in [9.17, 15) is 18.7 Å². The first-order valence-corrected chi connectivity index (χ1v) is 3.84. The number of aliphatic hydroxyl groups is 1. The van der Waals surface area contributed by atoms with Crippen LogP contribution in [-0.4, -0.2) is 17.8 Å². The Hall–Kier alpha value is -1.33. The number of hydrogen-bond donors (Lipinski definition) is 2. The van der Waals surface area contributed by atoms with Crippen LogP contribution >= 0.6 is 0 Å². The topological polar surface area (TPSA) is 63.3 Å². The highest BCUT2D eigenvalue weighted by Crippen LogP contribution is 2.24. The maximum absolute atomic E-state index is 12.3. The quantitative estimate of drug-likeness (QED) is 0.563. The van der Waals surface area contributed by atoms with Crippen LogP contribution in [-0.2, 0) is 5.72 Å². The third-order valence-electron chi connectivity index (χ3n) is 1.85. The predicted octanol–water partition coefficient (Wildman–Crippen LogP) is 0.868. The van der Waals surface area contributed by atoms with Crippen molar-refractivity contribution in [2.45, 2.75) is 12.2 Å². The molecule has 0 spiro atoms. The van der Waals surface area contributed by atoms with Crippen molar-refractivity contribution in [3.8, 4) is 0 Å². The maximum atomic E-state index is 12.3. The highest BCUT2D eigenvalue weighted by Gasteiger charge is 2.36. The Morgan fingerprint density at radius 2 is 2.00 bits per heavy atom. The number of hydrogen-bond acceptors (Lipinski definition) is 3. The number of carbonyl (C=O) groups excluding carboxylic acids is 1. The molecule has 3 N–H and O–H groups in total. The highest BCUT2D eigenvalue weighted by molar-refractivity contribution is 5.77. The van der Waals surface area contributed by atoms with E-state index in [-0.39, 0.29) is 11.1 Å². The number of rotatable bonds is 3. The van der Waals surface area contributed by atoms with Gasteiger partial charge in [0.05, 0.1) is 0 Å². The summed E-state index contributed by atoms with van der Waals surface area (Å²) in [5, 5.41) is 9.24. The van der Waals surface area contributed by atoms with Gasteiger partial charge in [-0.1, -0.05) is 24.3 Å². The van der Waals surface area contributed by atoms with E-state index in [1.165, 1.54) is 24.3 Å². The van der Waals surface area contributed by atoms with Crippen LogP contribution in [0.1, 0.15) is 15.9 Å². The van der Waals surface area contributed by atoms with Crippen LogP contribution in [0, 0.1) is 0 Å². The number of alkyl halides is 2. The first-order chi connectivity index (χ1) is 6.50. The van der Waals surface area contributed by atoms with Crippen molar-refractivity contribution >= 4 is 6.29 Å². The van der Waals surface area contributed by atoms with Gasteiger partial charge in [0.1, 0.15) is 6.29 Å². The van der Waals surface area contributed by atoms with Crippen molar-refractivity contribution < 1.29 is 18.7 Å². The van der Waals surface area contributed by atoms with Crippen LogP contribution in [0.4, 0.5) is 8.78 Å². The van der Waals surface area contributed by atoms with Gasteiger partial charge in [0.15, 0.2) is 0 Å². The molecule has 0 aliphatic rings. The van der Waals surface area contributed by atoms with E-state index in [2.05, 4.69) is 0 Å². The van der Waals surface area contributed by atoms with Gasteiger partial charge in [-0.05, 0) is 0 Å². The lowest BCUT2D eigenvalue weighted by Crippen LogP contribution is -2.44. The Labute approximate surface area is 79.2 Å². The number of aldehydes is 1. The molecule has 1 aromatic carbocycles. The van der Waals surface area contributed by atoms with E-state index in [1.54, 1.807) is 0 Å². The van der Waals surface area contributed by atoms with Gasteiger partial charge < -0.3 is 5.11 Å². The molecule has 0 aliphatic carbocycles. The van der Waals surface area contributed by atoms with E-state index in [0.29, 0.717) is 6.29 Å². The molecule has 0 radical (unpaired) electrons. The minimum Gasteiger partial charge on any atom is -0.367 e. The second-order valence-corrected chi connectivity index (χ2v) is 2.83. The summed E-state index contributed by atoms with van der Waals surface area (Å²) in [6, 6.07) is 5.41. The molecule has 0 aromatic heterocycles. The molecule has 5 heteroatoms. The summed E-state index contributed by atoms with van der Waals surface area (Å²) in [5.41, 5.74) is 1.91. The molecule has 14 heavy (non-hydrogen) atoms. The predicted molar refractivity (Wildman–Crippen MR) is 45.9 cm³/mol. The Morgan fingerprint density at radius 3 is 2.50 bits per heavy atom. The number of benzene rings is 1. The summed E-state index contributed by atoms with van der Waals surface area (Å²) in [6.07, 6.45) is -2.78. The van der Waals surface area contributed by atoms with Crippen molar-refractivity contribution in [1.82, 2.24) is 0 Å². The molecule has 3 nitrogen and oxygen atoms in total. The summed E-state index contributed by atoms with van der Waals surface area (Å²) in [6.45, 7) is 0. The highest BCUT2D eigenvalue weighted by atomic mass is 19.3. The standard InChI is InChI=1S/C9H9F2NO2/c10-8(11)9(12,14)7-4-2-1-3-6(7)5-13/h1-5,8,14H,12H2/t9-/m1/s1. The minimum absolute atomic E-state index is 0.0437. The van der Waals surface area contributed by atoms with E-state index in [0.717, 1.165) is 0 Å². The average Bonchev–Trinajstić information content (AvgIpc) is 2.17. The zero-order valence-electron chi connectivity index (χ0n) is 7.15. The lowest BCUT2D eigenvalue weighted by Gasteiger charge is -2.23. The molecule has 1 atom stereocenters. The zero-order valence-corrected chi connectivity index (χ0v) is 7.15. The smallest absolute Gasteiger partial charge is 0.284 e. The minimum atomic E-state index is -3.15. The van der Waals surface area contributed by atoms with Crippen molar-refractivity contribution in [2.24, 2.45) is 5.73 Å². The van der Waals surface area contributed by atoms with Gasteiger partial charge in [-0.3, -0.25) is 10.5 Å². The molecule has 0 aliphatic heterocycles. The largest absolute Gasteiger partial charge is 0.367 e. The van der Waals surface area contributed by atoms with Crippen LogP contribution in [0.25, 0.3) is 0 Å². The molecule has 1 rings (SSSR count). The molecule has 0 bridgehead atoms. The fraction of sp³-hybridized carbons (Fsp3) is 0.222. The maximum Gasteiger partial charge on any atom is 0.284 e. The molecule has 0 amide bonds. The SMILES string of the molecule is N[C@@](O)(c1ccccc1C=O)C(F)F. The van der Waals surface area contributed by atoms with Crippen molar-refractivity contribution in [2.75, 3.05) is 0 Å². The zero-order chi connectivity index (χ0) is 10.8. The Balaban J connectivity index is 3.24. The van der Waals surface area contributed by atoms with Crippen LogP contribution in [0.15, 0.2) is 24.3 Å². The molecule has 0 fully saturated rings. The molecular weight excluding hydrogens is 192 g/mol. The third-order valence-corrected chi connectivity index (χ3v) is 1.85. The van der Waals surface area contributed by atoms with E-state index >= 15 is 0 Å². The van der Waals surface area contributed by atoms with Gasteiger partial charge in [-0.15, -0.1) is 0 Å². The van der Waals surface area contributed by atoms with E-state index in [1.807, 2.05) is 0 Å². The number of nitrogens with two attached hydrogens (primary N) is 1. The van der Waals surface area contributed by atoms with Crippen LogP contribution < -0.4 is 5.73 Å². The molecule has 76 valence electrons. The summed E-state index contributed by atoms with van der Waals surface area (Å²) in [7, 11) is 0. The van der Waals surface area contributed by atoms with Crippen LogP contribution in [0.5, 0.6) is 0 Å². The normalized spacial score (nSPS) is 15.2. The van der Waals surface area contributed by atoms with Crippen molar-refractivity contribution in [3.63, 3.8) is 0 Å². The monoisotopic (exact) mass is 201 g/mol. The first kappa shape index (κ1) is 10.7. The Kier molecular flexibility index (Phi) is 2.93. The Morgan fingerprint density at radius 1 is 1.43 bits per heavy atom. The fourth-order valence-electron chi connectivity index (χ4n) is 1.08. The molecule has 1 aromatic rings. The lowest BCUT2D eigenvalue weighted by atomic mass is 9.99. The summed E-state index contributed by atoms with van der Waals surface area (Å²) in [4.78, 5) is 10.5. The van der Waals surface area contributed by atoms with E-state index < -0.39 is 12.2 Å². The van der Waals surface area contributed by atoms with Gasteiger partial charge in [0.2, 0.25) is 5.72 Å². The molecule has 0 saturated heterocycles. The molecular formula is C9H9F2NO2. The molecule has 0 saturated carbocycles. The van der Waals surface area contributed by atoms with Gasteiger partial charge in [0.25, 0.3) is 6.43 Å². The van der Waals surface area contributed by atoms with Crippen molar-refractivity contribution in [3.05, 3.63) is 35.4 Å². The van der Waals surface area contributed by atoms with Crippen molar-refractivity contribution in [1.29, 1.82) is 0 Å². The second-order valence-electron chi connectivity index (χ2n) is 2.83. The number of carbonyl (C=O) groups is 1. The van der Waals surface area contributed by atoms with Gasteiger partial charge >= 0.3 is 0 Å². The molecule has 0 unspecified atom stereocenters. The second kappa shape index (κ2) is 3.81. The van der Waals surface area contributed by atoms with E-state index in [4.69, 9.17) is 5.73 Å². The fourth-order valence-corrected chi connectivity index (χ4v) is 1.08. The summed E-state index contributed by atoms with van der Waals surface area (Å²) >= 11 is 0. The molecule has 0 heterocycles. The third kappa shape index (κ3) is 1.78. The van der Waals surface area contributed by atoms with Crippen LogP contribution in [0.2, 0.25) is 0 Å². The summed E-state index contributed by atoms with van der Waals surface area (Å²) < 4.78 is 24.6. The first-order valence-electron chi connectivity index (χ1n) is 3.84. The summed E-state index contributed by atoms with van der Waals surface area (Å²) in [5.74, 6) is 0. The number of halogens is 2. The lowest BCUT2D eigenvalue weighted by molar-refractivity contribution is -0.0978. The average molecular weight is 201 g/mol. The Bertz CT molecular complexity index is 339.